The van der Waals surface area contributed by atoms with E-state index < -0.39 is 7.12 Å². The summed E-state index contributed by atoms with van der Waals surface area (Å²) < 4.78 is 12.2. The monoisotopic (exact) mass is 725 g/mol. The number of nitrogens with zero attached hydrogens (tertiary/aromatic N) is 2. The number of benzene rings is 2. The van der Waals surface area contributed by atoms with Gasteiger partial charge in [0, 0.05) is 23.6 Å². The third-order valence-corrected chi connectivity index (χ3v) is 9.19. The summed E-state index contributed by atoms with van der Waals surface area (Å²) in [5.41, 5.74) is 9.67. The van der Waals surface area contributed by atoms with Crippen LogP contribution in [0.3, 0.4) is 0 Å². The van der Waals surface area contributed by atoms with Gasteiger partial charge in [-0.05, 0) is 99.0 Å². The molecule has 0 amide bonds. The Morgan fingerprint density at radius 1 is 0.692 bits per heavy atom. The summed E-state index contributed by atoms with van der Waals surface area (Å²) in [6.07, 6.45) is 2.17. The first-order valence-corrected chi connectivity index (χ1v) is 19.2. The second kappa shape index (κ2) is 19.0. The minimum Gasteiger partial charge on any atom is -0.661 e. The van der Waals surface area contributed by atoms with E-state index in [2.05, 4.69) is 191 Å². The molecule has 1 fully saturated rings. The Morgan fingerprint density at radius 3 is 1.42 bits per heavy atom. The fourth-order valence-corrected chi connectivity index (χ4v) is 5.93. The molecule has 3 rings (SSSR count). The van der Waals surface area contributed by atoms with Crippen LogP contribution < -0.4 is 9.98 Å². The molecule has 1 aliphatic heterocycles. The van der Waals surface area contributed by atoms with Crippen LogP contribution in [0.25, 0.3) is 10.6 Å². The second-order valence-electron chi connectivity index (χ2n) is 18.6. The molecule has 284 valence electrons. The van der Waals surface area contributed by atoms with Gasteiger partial charge in [-0.2, -0.15) is 5.70 Å². The van der Waals surface area contributed by atoms with E-state index in [1.165, 1.54) is 27.9 Å². The van der Waals surface area contributed by atoms with Crippen LogP contribution in [0, 0.1) is 0 Å². The minimum atomic E-state index is -0.446. The number of nitrogens with one attached hydrogen (secondary N) is 2. The van der Waals surface area contributed by atoms with E-state index >= 15 is 0 Å². The zero-order valence-electron chi connectivity index (χ0n) is 36.8. The van der Waals surface area contributed by atoms with Crippen LogP contribution in [-0.4, -0.2) is 63.9 Å². The minimum absolute atomic E-state index is 0. The fraction of sp³-hybridized carbons (Fsp3) is 0.636. The molecule has 1 aliphatic rings. The first-order chi connectivity index (χ1) is 23.2. The Morgan fingerprint density at radius 2 is 1.08 bits per heavy atom. The SMILES string of the molecule is CC(/C=C(/C)[N-]c1c(C(C)C)cccc1C(C)C)=[NH+]c1c(C(C)C)cccc1C(C)C.CC(C)(C)[N-]C(=[NH+]C(C)(C)C)B1OC(C)(C)C(C)(C)O1.[Mg+2]. The maximum Gasteiger partial charge on any atom is 2.00 e. The Bertz CT molecular complexity index is 1490. The molecule has 1 saturated heterocycles. The number of allylic oxidation sites excluding steroid dienone is 2. The average molecular weight is 725 g/mol. The maximum absolute atomic E-state index is 6.10. The molecular formula is C44H73BMgN4O2+2. The van der Waals surface area contributed by atoms with E-state index in [0.29, 0.717) is 23.7 Å². The molecule has 0 saturated carbocycles. The summed E-state index contributed by atoms with van der Waals surface area (Å²) in [6.45, 7) is 43.0. The molecule has 0 bridgehead atoms. The Balaban J connectivity index is 0.000000559. The van der Waals surface area contributed by atoms with Gasteiger partial charge in [0.1, 0.15) is 5.73 Å². The first-order valence-electron chi connectivity index (χ1n) is 19.2. The maximum atomic E-state index is 6.10. The number of amidine groups is 1. The summed E-state index contributed by atoms with van der Waals surface area (Å²) >= 11 is 0. The molecule has 2 N–H and O–H groups in total. The molecule has 0 radical (unpaired) electrons. The van der Waals surface area contributed by atoms with Crippen LogP contribution >= 0.6 is 0 Å². The molecule has 0 aliphatic carbocycles. The number of hydrogen-bond donors (Lipinski definition) is 2. The Kier molecular flexibility index (Phi) is 17.5. The number of rotatable bonds is 9. The third-order valence-electron chi connectivity index (χ3n) is 9.19. The van der Waals surface area contributed by atoms with Crippen molar-refractivity contribution in [2.75, 3.05) is 0 Å². The van der Waals surface area contributed by atoms with Crippen LogP contribution in [0.1, 0.15) is 184 Å². The van der Waals surface area contributed by atoms with Crippen molar-refractivity contribution >= 4 is 53.0 Å². The van der Waals surface area contributed by atoms with E-state index in [4.69, 9.17) is 19.9 Å². The molecule has 0 spiro atoms. The predicted octanol–water partition coefficient (Wildman–Crippen LogP) is 9.65. The molecule has 2 aromatic rings. The number of hydrogen-bond acceptors (Lipinski definition) is 2. The van der Waals surface area contributed by atoms with Crippen LogP contribution in [0.4, 0.5) is 11.4 Å². The van der Waals surface area contributed by atoms with E-state index in [-0.39, 0.29) is 45.3 Å². The molecule has 0 atom stereocenters. The molecular weight excluding hydrogens is 652 g/mol. The van der Waals surface area contributed by atoms with Crippen molar-refractivity contribution in [3.05, 3.63) is 81.1 Å². The van der Waals surface area contributed by atoms with Gasteiger partial charge in [-0.25, -0.2) is 4.99 Å². The van der Waals surface area contributed by atoms with Crippen molar-refractivity contribution in [2.45, 2.75) is 184 Å². The van der Waals surface area contributed by atoms with Crippen molar-refractivity contribution in [3.63, 3.8) is 0 Å². The van der Waals surface area contributed by atoms with Gasteiger partial charge < -0.3 is 19.6 Å². The van der Waals surface area contributed by atoms with E-state index in [0.717, 1.165) is 22.8 Å². The fourth-order valence-electron chi connectivity index (χ4n) is 5.93. The van der Waals surface area contributed by atoms with Gasteiger partial charge in [0.25, 0.3) is 0 Å². The third kappa shape index (κ3) is 13.9. The molecule has 2 aromatic carbocycles. The van der Waals surface area contributed by atoms with Gasteiger partial charge in [-0.1, -0.05) is 110 Å². The van der Waals surface area contributed by atoms with Crippen LogP contribution in [-0.2, 0) is 9.31 Å². The van der Waals surface area contributed by atoms with Gasteiger partial charge >= 0.3 is 30.2 Å². The first kappa shape index (κ1) is 47.9. The topological polar surface area (TPSA) is 74.6 Å². The Labute approximate surface area is 336 Å². The molecule has 0 unspecified atom stereocenters. The summed E-state index contributed by atoms with van der Waals surface area (Å²) in [5.74, 6) is 1.82. The van der Waals surface area contributed by atoms with Gasteiger partial charge in [0.15, 0.2) is 5.71 Å². The van der Waals surface area contributed by atoms with Crippen molar-refractivity contribution in [3.8, 4) is 0 Å². The summed E-state index contributed by atoms with van der Waals surface area (Å²) in [5, 5.41) is 9.86. The average Bonchev–Trinajstić information content (AvgIpc) is 3.17. The van der Waals surface area contributed by atoms with E-state index in [9.17, 15) is 0 Å². The summed E-state index contributed by atoms with van der Waals surface area (Å²) in [6, 6.07) is 13.2. The summed E-state index contributed by atoms with van der Waals surface area (Å²) in [7, 11) is -0.446. The molecule has 52 heavy (non-hydrogen) atoms. The standard InChI is InChI=1S/C29H41N2.C15H30BN2O2.Mg/c1-18(2)24-13-11-14-25(19(3)4)28(24)30-22(9)17-23(10)31-29-26(20(5)6)15-12-16-27(29)21(7)8;1-12(2,3)17-11(18-13(4,5)6)16-19-14(7,8)15(9,10)20-16;/h11-21H,1-10H3;1-10H3;/q2*-1;+2/p+2/b22-17-,31-23?;;. The van der Waals surface area contributed by atoms with Crippen molar-refractivity contribution in [1.29, 1.82) is 0 Å². The normalized spacial score (nSPS) is 16.7. The molecule has 6 nitrogen and oxygen atoms in total. The largest absolute Gasteiger partial charge is 2.00 e. The van der Waals surface area contributed by atoms with Crippen LogP contribution in [0.5, 0.6) is 0 Å². The van der Waals surface area contributed by atoms with Gasteiger partial charge in [-0.3, -0.25) is 5.32 Å². The van der Waals surface area contributed by atoms with Crippen molar-refractivity contribution < 1.29 is 19.3 Å². The van der Waals surface area contributed by atoms with Crippen molar-refractivity contribution in [2.24, 2.45) is 0 Å². The second-order valence-corrected chi connectivity index (χ2v) is 18.6. The summed E-state index contributed by atoms with van der Waals surface area (Å²) in [4.78, 5) is 7.14. The van der Waals surface area contributed by atoms with Crippen LogP contribution in [0.2, 0.25) is 0 Å². The quantitative estimate of drug-likeness (QED) is 0.154. The van der Waals surface area contributed by atoms with Gasteiger partial charge in [0.05, 0.1) is 16.7 Å². The van der Waals surface area contributed by atoms with E-state index in [1.807, 2.05) is 0 Å². The Hall–Kier alpha value is -2.13. The molecule has 8 heteroatoms. The number of para-hydroxylation sites is 2. The van der Waals surface area contributed by atoms with E-state index in [1.54, 1.807) is 0 Å². The zero-order valence-corrected chi connectivity index (χ0v) is 38.3. The zero-order chi connectivity index (χ0) is 39.3. The van der Waals surface area contributed by atoms with Crippen LogP contribution in [0.15, 0.2) is 48.2 Å². The smallest absolute Gasteiger partial charge is 0.661 e. The predicted molar refractivity (Wildman–Crippen MR) is 228 cm³/mol. The van der Waals surface area contributed by atoms with Crippen molar-refractivity contribution in [1.82, 2.24) is 0 Å². The molecule has 0 aromatic heterocycles. The van der Waals surface area contributed by atoms with Gasteiger partial charge in [0.2, 0.25) is 5.69 Å². The molecule has 1 heterocycles. The van der Waals surface area contributed by atoms with Gasteiger partial charge in [-0.15, -0.1) is 5.69 Å².